The molecule has 11 heteroatoms. The van der Waals surface area contributed by atoms with Crippen LogP contribution in [0.4, 0.5) is 4.79 Å². The van der Waals surface area contributed by atoms with Crippen molar-refractivity contribution in [2.24, 2.45) is 5.92 Å². The molecule has 37 heavy (non-hydrogen) atoms. The van der Waals surface area contributed by atoms with Crippen molar-refractivity contribution in [1.82, 2.24) is 20.9 Å². The number of nitrogens with one attached hydrogen (secondary N) is 4. The van der Waals surface area contributed by atoms with Crippen LogP contribution in [0.5, 0.6) is 0 Å². The van der Waals surface area contributed by atoms with Crippen LogP contribution in [-0.2, 0) is 25.5 Å². The molecule has 0 saturated carbocycles. The molecule has 3 amide bonds. The molecule has 0 bridgehead atoms. The smallest absolute Gasteiger partial charge is 0.408 e. The number of Topliss-reactive ketones (excluding diaryl/α,β-unsaturated/α-hetero) is 1. The molecule has 4 N–H and O–H groups in total. The Labute approximate surface area is 216 Å². The third-order valence-corrected chi connectivity index (χ3v) is 5.32. The number of carbonyl (C=O) groups is 4. The summed E-state index contributed by atoms with van der Waals surface area (Å²) in [6.45, 7) is 9.01. The molecule has 0 spiro atoms. The van der Waals surface area contributed by atoms with Crippen molar-refractivity contribution in [2.75, 3.05) is 6.54 Å². The second kappa shape index (κ2) is 13.4. The summed E-state index contributed by atoms with van der Waals surface area (Å²) in [5, 5.41) is 8.95. The van der Waals surface area contributed by atoms with Crippen LogP contribution in [0.25, 0.3) is 16.4 Å². The third-order valence-electron chi connectivity index (χ3n) is 5.32. The molecule has 0 fully saturated rings. The Morgan fingerprint density at radius 2 is 1.78 bits per heavy atom. The molecule has 2 aromatic rings. The number of ketones is 1. The highest BCUT2D eigenvalue weighted by Crippen LogP contribution is 2.20. The highest BCUT2D eigenvalue weighted by molar-refractivity contribution is 6.25. The maximum Gasteiger partial charge on any atom is 0.408 e. The number of fused-ring (bicyclic) bond motifs is 1. The number of rotatable bonds is 12. The second-order valence-corrected chi connectivity index (χ2v) is 10.2. The van der Waals surface area contributed by atoms with Gasteiger partial charge >= 0.3 is 12.3 Å². The van der Waals surface area contributed by atoms with Crippen molar-refractivity contribution < 1.29 is 28.7 Å². The van der Waals surface area contributed by atoms with Crippen molar-refractivity contribution in [1.29, 1.82) is 0 Å². The molecule has 0 aliphatic rings. The molecular weight excluding hydrogens is 476 g/mol. The van der Waals surface area contributed by atoms with E-state index in [2.05, 4.69) is 25.7 Å². The number of ether oxygens (including phenoxy) is 1. The molecule has 1 aromatic heterocycles. The van der Waals surface area contributed by atoms with E-state index < -0.39 is 41.4 Å². The molecule has 2 atom stereocenters. The summed E-state index contributed by atoms with van der Waals surface area (Å²) in [7, 11) is 0. The Hall–Kier alpha value is -3.98. The number of H-pyrrole nitrogens is 1. The van der Waals surface area contributed by atoms with E-state index in [1.807, 2.05) is 38.1 Å². The van der Waals surface area contributed by atoms with E-state index in [9.17, 15) is 19.2 Å². The minimum absolute atomic E-state index is 0.0169. The largest absolute Gasteiger partial charge is 0.444 e. The maximum absolute atomic E-state index is 13.4. The molecule has 11 nitrogen and oxygen atoms in total. The normalized spacial score (nSPS) is 12.8. The number of aromatic amines is 1. The van der Waals surface area contributed by atoms with Crippen molar-refractivity contribution in [3.8, 4) is 0 Å². The fraction of sp³-hybridized carbons (Fsp3) is 0.500. The highest BCUT2D eigenvalue weighted by Gasteiger charge is 2.29. The quantitative estimate of drug-likeness (QED) is 0.194. The first-order chi connectivity index (χ1) is 17.4. The third kappa shape index (κ3) is 9.89. The lowest BCUT2D eigenvalue weighted by Crippen LogP contribution is -2.55. The summed E-state index contributed by atoms with van der Waals surface area (Å²) in [6, 6.07) is 5.71. The topological polar surface area (TPSA) is 166 Å². The van der Waals surface area contributed by atoms with Gasteiger partial charge in [-0.15, -0.1) is 0 Å². The van der Waals surface area contributed by atoms with Gasteiger partial charge in [0.2, 0.25) is 17.6 Å². The van der Waals surface area contributed by atoms with Crippen LogP contribution in [0.15, 0.2) is 30.5 Å². The van der Waals surface area contributed by atoms with E-state index in [1.165, 1.54) is 0 Å². The van der Waals surface area contributed by atoms with E-state index >= 15 is 0 Å². The van der Waals surface area contributed by atoms with Gasteiger partial charge in [0.25, 0.3) is 0 Å². The molecule has 0 radical (unpaired) electrons. The first-order valence-corrected chi connectivity index (χ1v) is 12.2. The number of carbonyl (C=O) groups excluding carboxylic acids is 4. The number of hydrogen-bond donors (Lipinski definition) is 4. The van der Waals surface area contributed by atoms with Gasteiger partial charge in [-0.1, -0.05) is 32.0 Å². The summed E-state index contributed by atoms with van der Waals surface area (Å²) in [5.41, 5.74) is 9.39. The molecule has 0 aliphatic heterocycles. The average molecular weight is 513 g/mol. The summed E-state index contributed by atoms with van der Waals surface area (Å²) in [4.78, 5) is 56.1. The Kier molecular flexibility index (Phi) is 10.6. The molecule has 0 aliphatic carbocycles. The van der Waals surface area contributed by atoms with Crippen LogP contribution in [0.1, 0.15) is 53.0 Å². The van der Waals surface area contributed by atoms with Crippen LogP contribution in [0.2, 0.25) is 0 Å². The molecule has 1 aromatic carbocycles. The lowest BCUT2D eigenvalue weighted by Gasteiger charge is -2.26. The van der Waals surface area contributed by atoms with E-state index in [4.69, 9.17) is 10.3 Å². The molecule has 1 heterocycles. The number of alkyl carbamates (subject to hydrolysis) is 1. The lowest BCUT2D eigenvalue weighted by molar-refractivity contribution is -0.130. The SMILES string of the molecule is CC(C)CC(NC(=O)C(Cc1c[nH]c2ccccc12)NC(=O)OC(C)(C)C)C(=O)NCCC(=O)C=[N+]=[N-]. The van der Waals surface area contributed by atoms with Crippen molar-refractivity contribution >= 4 is 40.8 Å². The van der Waals surface area contributed by atoms with Gasteiger partial charge < -0.3 is 31.2 Å². The minimum atomic E-state index is -1.01. The highest BCUT2D eigenvalue weighted by atomic mass is 16.6. The van der Waals surface area contributed by atoms with Crippen LogP contribution in [-0.4, -0.2) is 63.9 Å². The zero-order chi connectivity index (χ0) is 27.6. The van der Waals surface area contributed by atoms with Crippen LogP contribution >= 0.6 is 0 Å². The monoisotopic (exact) mass is 512 g/mol. The lowest BCUT2D eigenvalue weighted by atomic mass is 10.0. The van der Waals surface area contributed by atoms with Crippen molar-refractivity contribution in [3.63, 3.8) is 0 Å². The Morgan fingerprint density at radius 1 is 1.08 bits per heavy atom. The first-order valence-electron chi connectivity index (χ1n) is 12.2. The average Bonchev–Trinajstić information content (AvgIpc) is 3.19. The zero-order valence-corrected chi connectivity index (χ0v) is 22.0. The number of hydrogen-bond acceptors (Lipinski definition) is 5. The van der Waals surface area contributed by atoms with Crippen molar-refractivity contribution in [3.05, 3.63) is 41.6 Å². The Bertz CT molecular complexity index is 1160. The van der Waals surface area contributed by atoms with E-state index in [-0.39, 0.29) is 25.3 Å². The van der Waals surface area contributed by atoms with Gasteiger partial charge in [0.05, 0.1) is 0 Å². The van der Waals surface area contributed by atoms with Gasteiger partial charge in [0.15, 0.2) is 0 Å². The van der Waals surface area contributed by atoms with Crippen molar-refractivity contribution in [2.45, 2.75) is 71.6 Å². The summed E-state index contributed by atoms with van der Waals surface area (Å²) < 4.78 is 5.36. The van der Waals surface area contributed by atoms with E-state index in [0.717, 1.165) is 22.7 Å². The van der Waals surface area contributed by atoms with Gasteiger partial charge in [0.1, 0.15) is 17.7 Å². The van der Waals surface area contributed by atoms with Gasteiger partial charge in [-0.2, -0.15) is 4.79 Å². The molecule has 200 valence electrons. The van der Waals surface area contributed by atoms with Crippen LogP contribution in [0, 0.1) is 5.92 Å². The Balaban J connectivity index is 2.20. The summed E-state index contributed by atoms with van der Waals surface area (Å²) in [6.07, 6.45) is 2.25. The standard InChI is InChI=1S/C26H36N6O5/c1-16(2)12-21(23(34)28-11-10-18(33)15-30-27)31-24(35)22(32-25(36)37-26(3,4)5)13-17-14-29-20-9-7-6-8-19(17)20/h6-9,14-16,21-22,29H,10-13H2,1-5H3,(H,28,34)(H,31,35)(H,32,36). The number of amides is 3. The zero-order valence-electron chi connectivity index (χ0n) is 22.0. The van der Waals surface area contributed by atoms with Gasteiger partial charge in [0, 0.05) is 36.5 Å². The maximum atomic E-state index is 13.4. The molecule has 0 saturated heterocycles. The number of benzene rings is 1. The first kappa shape index (κ1) is 29.3. The van der Waals surface area contributed by atoms with E-state index in [1.54, 1.807) is 27.0 Å². The second-order valence-electron chi connectivity index (χ2n) is 10.2. The predicted octanol–water partition coefficient (Wildman–Crippen LogP) is 2.51. The van der Waals surface area contributed by atoms with Crippen LogP contribution in [0.3, 0.4) is 0 Å². The molecule has 2 unspecified atom stereocenters. The number of aromatic nitrogens is 1. The predicted molar refractivity (Wildman–Crippen MR) is 139 cm³/mol. The minimum Gasteiger partial charge on any atom is -0.444 e. The Morgan fingerprint density at radius 3 is 2.43 bits per heavy atom. The van der Waals surface area contributed by atoms with Gasteiger partial charge in [-0.3, -0.25) is 14.4 Å². The molecular formula is C26H36N6O5. The summed E-state index contributed by atoms with van der Waals surface area (Å²) in [5.74, 6) is -1.38. The van der Waals surface area contributed by atoms with Crippen LogP contribution < -0.4 is 16.0 Å². The van der Waals surface area contributed by atoms with E-state index in [0.29, 0.717) is 6.42 Å². The fourth-order valence-electron chi connectivity index (χ4n) is 3.72. The molecule has 2 rings (SSSR count). The number of nitrogens with zero attached hydrogens (tertiary/aromatic N) is 2. The van der Waals surface area contributed by atoms with Gasteiger partial charge in [-0.05, 0) is 44.7 Å². The van der Waals surface area contributed by atoms with Gasteiger partial charge in [-0.25, -0.2) is 4.79 Å². The number of para-hydroxylation sites is 1. The summed E-state index contributed by atoms with van der Waals surface area (Å²) >= 11 is 0. The fourth-order valence-corrected chi connectivity index (χ4v) is 3.72.